The van der Waals surface area contributed by atoms with Crippen LogP contribution in [0.5, 0.6) is 0 Å². The second-order valence-electron chi connectivity index (χ2n) is 8.80. The highest BCUT2D eigenvalue weighted by molar-refractivity contribution is 6.12. The molecule has 3 aliphatic rings. The Labute approximate surface area is 177 Å². The van der Waals surface area contributed by atoms with Gasteiger partial charge in [0.15, 0.2) is 11.4 Å². The summed E-state index contributed by atoms with van der Waals surface area (Å²) in [4.78, 5) is 31.1. The number of amides is 1. The molecule has 5 nitrogen and oxygen atoms in total. The molecule has 0 bridgehead atoms. The van der Waals surface area contributed by atoms with Crippen molar-refractivity contribution < 1.29 is 14.7 Å². The maximum Gasteiger partial charge on any atom is 0.265 e. The van der Waals surface area contributed by atoms with Crippen molar-refractivity contribution in [3.05, 3.63) is 65.2 Å². The minimum Gasteiger partial charge on any atom is -0.375 e. The molecule has 2 aliphatic heterocycles. The maximum absolute atomic E-state index is 13.7. The molecule has 1 fully saturated rings. The van der Waals surface area contributed by atoms with Gasteiger partial charge in [-0.1, -0.05) is 55.3 Å². The fourth-order valence-corrected chi connectivity index (χ4v) is 5.41. The molecule has 156 valence electrons. The molecular formula is C25H28N2O3. The van der Waals surface area contributed by atoms with E-state index >= 15 is 0 Å². The highest BCUT2D eigenvalue weighted by atomic mass is 16.3. The third kappa shape index (κ3) is 2.99. The van der Waals surface area contributed by atoms with Crippen LogP contribution in [0.1, 0.15) is 53.6 Å². The molecule has 0 aromatic heterocycles. The largest absolute Gasteiger partial charge is 0.375 e. The van der Waals surface area contributed by atoms with Crippen molar-refractivity contribution >= 4 is 17.4 Å². The number of rotatable bonds is 3. The van der Waals surface area contributed by atoms with Crippen LogP contribution < -0.4 is 4.90 Å². The highest BCUT2D eigenvalue weighted by Gasteiger charge is 2.57. The summed E-state index contributed by atoms with van der Waals surface area (Å²) < 4.78 is 0. The minimum absolute atomic E-state index is 0.126. The Morgan fingerprint density at radius 1 is 0.933 bits per heavy atom. The average molecular weight is 405 g/mol. The summed E-state index contributed by atoms with van der Waals surface area (Å²) in [6.07, 6.45) is 5.88. The van der Waals surface area contributed by atoms with Gasteiger partial charge in [-0.25, -0.2) is 0 Å². The molecule has 30 heavy (non-hydrogen) atoms. The van der Waals surface area contributed by atoms with E-state index < -0.39 is 11.5 Å². The molecule has 1 N–H and O–H groups in total. The molecule has 2 aromatic carbocycles. The molecule has 0 radical (unpaired) electrons. The quantitative estimate of drug-likeness (QED) is 0.851. The zero-order chi connectivity index (χ0) is 20.7. The van der Waals surface area contributed by atoms with Crippen molar-refractivity contribution in [1.29, 1.82) is 0 Å². The fourth-order valence-electron chi connectivity index (χ4n) is 5.41. The molecule has 1 aliphatic carbocycles. The molecule has 2 atom stereocenters. The number of hydrogen-bond donors (Lipinski definition) is 1. The van der Waals surface area contributed by atoms with Gasteiger partial charge in [0, 0.05) is 11.1 Å². The van der Waals surface area contributed by atoms with Crippen LogP contribution in [0.4, 0.5) is 5.69 Å². The zero-order valence-electron chi connectivity index (χ0n) is 17.2. The number of aryl methyl sites for hydroxylation is 1. The first-order chi connectivity index (χ1) is 14.6. The fraction of sp³-hybridized carbons (Fsp3) is 0.440. The van der Waals surface area contributed by atoms with E-state index in [-0.39, 0.29) is 11.7 Å². The van der Waals surface area contributed by atoms with Crippen molar-refractivity contribution in [3.8, 4) is 0 Å². The molecule has 2 heterocycles. The molecule has 5 heteroatoms. The first-order valence-corrected chi connectivity index (χ1v) is 11.1. The molecule has 0 spiro atoms. The summed E-state index contributed by atoms with van der Waals surface area (Å²) in [7, 11) is 0. The van der Waals surface area contributed by atoms with Crippen LogP contribution in [0, 0.1) is 5.92 Å². The molecule has 1 amide bonds. The van der Waals surface area contributed by atoms with E-state index in [1.165, 1.54) is 12.8 Å². The van der Waals surface area contributed by atoms with E-state index in [9.17, 15) is 14.7 Å². The standard InChI is InChI=1S/C25H28N2O3/c28-23-19-10-4-3-9-18(19)13-14-21(23)25(30)20-11-5-6-12-22(20)27(24(25)29)17-26-15-7-1-2-8-16-26/h3-6,9-12,21,30H,1-2,7-8,13-17H2. The normalized spacial score (nSPS) is 27.0. The van der Waals surface area contributed by atoms with Crippen molar-refractivity contribution in [2.24, 2.45) is 5.92 Å². The number of ketones is 1. The Balaban J connectivity index is 1.51. The maximum atomic E-state index is 13.7. The van der Waals surface area contributed by atoms with Gasteiger partial charge in [-0.2, -0.15) is 0 Å². The molecule has 2 unspecified atom stereocenters. The van der Waals surface area contributed by atoms with Gasteiger partial charge in [0.25, 0.3) is 5.91 Å². The monoisotopic (exact) mass is 404 g/mol. The van der Waals surface area contributed by atoms with Crippen LogP contribution in [-0.4, -0.2) is 41.5 Å². The van der Waals surface area contributed by atoms with Gasteiger partial charge in [0.05, 0.1) is 18.3 Å². The Hall–Kier alpha value is -2.50. The van der Waals surface area contributed by atoms with E-state index in [0.29, 0.717) is 30.6 Å². The third-order valence-corrected chi connectivity index (χ3v) is 7.02. The predicted molar refractivity (Wildman–Crippen MR) is 115 cm³/mol. The van der Waals surface area contributed by atoms with Gasteiger partial charge in [0.2, 0.25) is 0 Å². The number of anilines is 1. The van der Waals surface area contributed by atoms with Gasteiger partial charge in [-0.05, 0) is 50.4 Å². The van der Waals surface area contributed by atoms with E-state index in [4.69, 9.17) is 0 Å². The second-order valence-corrected chi connectivity index (χ2v) is 8.80. The zero-order valence-corrected chi connectivity index (χ0v) is 17.2. The number of fused-ring (bicyclic) bond motifs is 2. The highest BCUT2D eigenvalue weighted by Crippen LogP contribution is 2.48. The second kappa shape index (κ2) is 7.64. The third-order valence-electron chi connectivity index (χ3n) is 7.02. The number of para-hydroxylation sites is 1. The first kappa shape index (κ1) is 19.5. The molecule has 2 aromatic rings. The number of likely N-dealkylation sites (tertiary alicyclic amines) is 1. The number of benzene rings is 2. The lowest BCUT2D eigenvalue weighted by Gasteiger charge is -2.35. The lowest BCUT2D eigenvalue weighted by atomic mass is 9.71. The lowest BCUT2D eigenvalue weighted by molar-refractivity contribution is -0.141. The average Bonchev–Trinajstić information content (AvgIpc) is 2.94. The van der Waals surface area contributed by atoms with Crippen LogP contribution in [0.25, 0.3) is 0 Å². The minimum atomic E-state index is -1.80. The first-order valence-electron chi connectivity index (χ1n) is 11.1. The van der Waals surface area contributed by atoms with Crippen molar-refractivity contribution in [1.82, 2.24) is 4.90 Å². The number of hydrogen-bond acceptors (Lipinski definition) is 4. The topological polar surface area (TPSA) is 60.9 Å². The number of aliphatic hydroxyl groups is 1. The summed E-state index contributed by atoms with van der Waals surface area (Å²) in [6, 6.07) is 15.0. The number of nitrogens with zero attached hydrogens (tertiary/aromatic N) is 2. The van der Waals surface area contributed by atoms with Crippen LogP contribution in [0.3, 0.4) is 0 Å². The van der Waals surface area contributed by atoms with Gasteiger partial charge < -0.3 is 5.11 Å². The predicted octanol–water partition coefficient (Wildman–Crippen LogP) is 3.50. The molecular weight excluding hydrogens is 376 g/mol. The lowest BCUT2D eigenvalue weighted by Crippen LogP contribution is -2.51. The molecule has 0 saturated carbocycles. The summed E-state index contributed by atoms with van der Waals surface area (Å²) in [5.74, 6) is -1.24. The van der Waals surface area contributed by atoms with E-state index in [0.717, 1.165) is 37.2 Å². The van der Waals surface area contributed by atoms with Crippen LogP contribution in [0.2, 0.25) is 0 Å². The summed E-state index contributed by atoms with van der Waals surface area (Å²) in [6.45, 7) is 2.38. The summed E-state index contributed by atoms with van der Waals surface area (Å²) >= 11 is 0. The molecule has 1 saturated heterocycles. The number of Topliss-reactive ketones (excluding diaryl/α,β-unsaturated/α-hetero) is 1. The molecule has 5 rings (SSSR count). The van der Waals surface area contributed by atoms with Gasteiger partial charge in [-0.15, -0.1) is 0 Å². The summed E-state index contributed by atoms with van der Waals surface area (Å²) in [5, 5.41) is 11.9. The van der Waals surface area contributed by atoms with E-state index in [1.54, 1.807) is 4.90 Å². The van der Waals surface area contributed by atoms with Gasteiger partial charge >= 0.3 is 0 Å². The van der Waals surface area contributed by atoms with E-state index in [2.05, 4.69) is 4.90 Å². The number of carbonyl (C=O) groups is 2. The van der Waals surface area contributed by atoms with Crippen LogP contribution in [0.15, 0.2) is 48.5 Å². The SMILES string of the molecule is O=C1c2ccccc2CCC1C1(O)C(=O)N(CN2CCCCCC2)c2ccccc21. The summed E-state index contributed by atoms with van der Waals surface area (Å²) in [5.41, 5.74) is 1.15. The Kier molecular flexibility index (Phi) is 4.95. The van der Waals surface area contributed by atoms with Crippen LogP contribution in [-0.2, 0) is 16.8 Å². The number of carbonyl (C=O) groups excluding carboxylic acids is 2. The Morgan fingerprint density at radius 2 is 1.63 bits per heavy atom. The van der Waals surface area contributed by atoms with Gasteiger partial charge in [0.1, 0.15) is 0 Å². The van der Waals surface area contributed by atoms with Crippen molar-refractivity contribution in [2.75, 3.05) is 24.7 Å². The van der Waals surface area contributed by atoms with Crippen molar-refractivity contribution in [3.63, 3.8) is 0 Å². The van der Waals surface area contributed by atoms with Crippen molar-refractivity contribution in [2.45, 2.75) is 44.1 Å². The van der Waals surface area contributed by atoms with E-state index in [1.807, 2.05) is 48.5 Å². The van der Waals surface area contributed by atoms with Crippen LogP contribution >= 0.6 is 0 Å². The smallest absolute Gasteiger partial charge is 0.265 e. The van der Waals surface area contributed by atoms with Gasteiger partial charge in [-0.3, -0.25) is 19.4 Å². The Bertz CT molecular complexity index is 980. The Morgan fingerprint density at radius 3 is 2.43 bits per heavy atom.